The Morgan fingerprint density at radius 2 is 2.30 bits per heavy atom. The Morgan fingerprint density at radius 1 is 1.45 bits per heavy atom. The maximum Gasteiger partial charge on any atom is 0.178 e. The van der Waals surface area contributed by atoms with Crippen LogP contribution >= 0.6 is 12.2 Å². The summed E-state index contributed by atoms with van der Waals surface area (Å²) in [5.74, 6) is 0. The van der Waals surface area contributed by atoms with Gasteiger partial charge in [0.1, 0.15) is 0 Å². The quantitative estimate of drug-likeness (QED) is 0.751. The molecule has 5 nitrogen and oxygen atoms in total. The SMILES string of the molecule is Cn1cc(CCn2c(=S)[nH]c3ccc(C#N)cc32)cn1. The predicted octanol–water partition coefficient (Wildman–Crippen LogP) is 2.55. The van der Waals surface area contributed by atoms with Gasteiger partial charge < -0.3 is 9.55 Å². The molecule has 0 unspecified atom stereocenters. The van der Waals surface area contributed by atoms with Crippen molar-refractivity contribution in [3.63, 3.8) is 0 Å². The van der Waals surface area contributed by atoms with E-state index >= 15 is 0 Å². The zero-order valence-corrected chi connectivity index (χ0v) is 11.8. The number of hydrogen-bond donors (Lipinski definition) is 1. The van der Waals surface area contributed by atoms with E-state index in [-0.39, 0.29) is 0 Å². The number of nitrogens with one attached hydrogen (secondary N) is 1. The Morgan fingerprint density at radius 3 is 3.00 bits per heavy atom. The van der Waals surface area contributed by atoms with Crippen LogP contribution in [0, 0.1) is 16.1 Å². The van der Waals surface area contributed by atoms with Gasteiger partial charge >= 0.3 is 0 Å². The standard InChI is InChI=1S/C14H13N5S/c1-18-9-11(8-16-18)4-5-19-13-6-10(7-15)2-3-12(13)17-14(19)20/h2-3,6,8-9H,4-5H2,1H3,(H,17,20). The molecular weight excluding hydrogens is 270 g/mol. The monoisotopic (exact) mass is 283 g/mol. The highest BCUT2D eigenvalue weighted by atomic mass is 32.1. The Hall–Kier alpha value is -2.39. The van der Waals surface area contributed by atoms with Crippen LogP contribution in [0.5, 0.6) is 0 Å². The van der Waals surface area contributed by atoms with Crippen molar-refractivity contribution in [2.24, 2.45) is 7.05 Å². The van der Waals surface area contributed by atoms with E-state index in [9.17, 15) is 0 Å². The predicted molar refractivity (Wildman–Crippen MR) is 78.7 cm³/mol. The van der Waals surface area contributed by atoms with Gasteiger partial charge in [0.2, 0.25) is 0 Å². The van der Waals surface area contributed by atoms with Crippen molar-refractivity contribution in [2.75, 3.05) is 0 Å². The normalized spacial score (nSPS) is 10.8. The molecule has 0 saturated heterocycles. The van der Waals surface area contributed by atoms with Crippen LogP contribution in [-0.2, 0) is 20.0 Å². The number of H-pyrrole nitrogens is 1. The third-order valence-corrected chi connectivity index (χ3v) is 3.61. The van der Waals surface area contributed by atoms with E-state index in [0.29, 0.717) is 10.3 Å². The summed E-state index contributed by atoms with van der Waals surface area (Å²) in [4.78, 5) is 3.17. The number of imidazole rings is 1. The fraction of sp³-hybridized carbons (Fsp3) is 0.214. The Bertz CT molecular complexity index is 862. The molecule has 1 N–H and O–H groups in total. The number of aromatic nitrogens is 4. The van der Waals surface area contributed by atoms with Gasteiger partial charge in [0, 0.05) is 19.8 Å². The summed E-state index contributed by atoms with van der Waals surface area (Å²) in [6.45, 7) is 0.763. The second-order valence-electron chi connectivity index (χ2n) is 4.70. The van der Waals surface area contributed by atoms with Gasteiger partial charge in [0.05, 0.1) is 28.9 Å². The van der Waals surface area contributed by atoms with Gasteiger partial charge in [-0.05, 0) is 42.4 Å². The van der Waals surface area contributed by atoms with Gasteiger partial charge in [0.15, 0.2) is 4.77 Å². The molecule has 0 fully saturated rings. The summed E-state index contributed by atoms with van der Waals surface area (Å²) >= 11 is 5.36. The first kappa shape index (κ1) is 12.6. The van der Waals surface area contributed by atoms with E-state index in [1.807, 2.05) is 36.1 Å². The molecule has 3 aromatic rings. The van der Waals surface area contributed by atoms with Crippen molar-refractivity contribution in [2.45, 2.75) is 13.0 Å². The van der Waals surface area contributed by atoms with Gasteiger partial charge in [-0.1, -0.05) is 0 Å². The molecule has 6 heteroatoms. The molecule has 0 spiro atoms. The minimum atomic E-state index is 0.640. The Balaban J connectivity index is 1.96. The minimum Gasteiger partial charge on any atom is -0.331 e. The van der Waals surface area contributed by atoms with Crippen LogP contribution in [0.2, 0.25) is 0 Å². The smallest absolute Gasteiger partial charge is 0.178 e. The van der Waals surface area contributed by atoms with E-state index in [2.05, 4.69) is 16.2 Å². The van der Waals surface area contributed by atoms with Gasteiger partial charge in [-0.2, -0.15) is 10.4 Å². The minimum absolute atomic E-state index is 0.640. The summed E-state index contributed by atoms with van der Waals surface area (Å²) in [5, 5.41) is 13.2. The molecule has 2 aromatic heterocycles. The zero-order chi connectivity index (χ0) is 14.1. The molecule has 2 heterocycles. The zero-order valence-electron chi connectivity index (χ0n) is 11.0. The molecule has 0 aliphatic rings. The lowest BCUT2D eigenvalue weighted by Gasteiger charge is -2.03. The highest BCUT2D eigenvalue weighted by Gasteiger charge is 2.06. The van der Waals surface area contributed by atoms with Crippen molar-refractivity contribution >= 4 is 23.3 Å². The third kappa shape index (κ3) is 2.24. The van der Waals surface area contributed by atoms with E-state index < -0.39 is 0 Å². The second-order valence-corrected chi connectivity index (χ2v) is 5.08. The van der Waals surface area contributed by atoms with Gasteiger partial charge in [-0.3, -0.25) is 4.68 Å². The summed E-state index contributed by atoms with van der Waals surface area (Å²) in [6, 6.07) is 7.71. The third-order valence-electron chi connectivity index (χ3n) is 3.29. The molecule has 0 aliphatic heterocycles. The maximum atomic E-state index is 9.00. The van der Waals surface area contributed by atoms with Gasteiger partial charge in [0.25, 0.3) is 0 Å². The molecule has 0 amide bonds. The van der Waals surface area contributed by atoms with Gasteiger partial charge in [-0.15, -0.1) is 0 Å². The molecule has 20 heavy (non-hydrogen) atoms. The Labute approximate surface area is 121 Å². The molecule has 100 valence electrons. The van der Waals surface area contributed by atoms with E-state index in [4.69, 9.17) is 17.5 Å². The molecular formula is C14H13N5S. The van der Waals surface area contributed by atoms with Gasteiger partial charge in [-0.25, -0.2) is 0 Å². The lowest BCUT2D eigenvalue weighted by atomic mass is 10.2. The molecule has 0 aliphatic carbocycles. The number of fused-ring (bicyclic) bond motifs is 1. The average Bonchev–Trinajstić information content (AvgIpc) is 2.98. The van der Waals surface area contributed by atoms with Crippen LogP contribution in [-0.4, -0.2) is 19.3 Å². The highest BCUT2D eigenvalue weighted by Crippen LogP contribution is 2.16. The molecule has 1 aromatic carbocycles. The van der Waals surface area contributed by atoms with Crippen molar-refractivity contribution in [3.05, 3.63) is 46.5 Å². The number of hydrogen-bond acceptors (Lipinski definition) is 3. The number of benzene rings is 1. The van der Waals surface area contributed by atoms with E-state index in [0.717, 1.165) is 24.0 Å². The fourth-order valence-electron chi connectivity index (χ4n) is 2.29. The first-order valence-corrected chi connectivity index (χ1v) is 6.68. The molecule has 0 atom stereocenters. The topological polar surface area (TPSA) is 62.3 Å². The van der Waals surface area contributed by atoms with Crippen molar-refractivity contribution in [3.8, 4) is 6.07 Å². The van der Waals surface area contributed by atoms with Crippen LogP contribution in [0.1, 0.15) is 11.1 Å². The van der Waals surface area contributed by atoms with E-state index in [1.54, 1.807) is 10.7 Å². The summed E-state index contributed by atoms with van der Waals surface area (Å²) in [6.07, 6.45) is 4.71. The van der Waals surface area contributed by atoms with Crippen molar-refractivity contribution in [1.82, 2.24) is 19.3 Å². The summed E-state index contributed by atoms with van der Waals surface area (Å²) < 4.78 is 4.50. The van der Waals surface area contributed by atoms with E-state index in [1.165, 1.54) is 5.56 Å². The number of aryl methyl sites for hydroxylation is 3. The molecule has 0 saturated carbocycles. The number of rotatable bonds is 3. The largest absolute Gasteiger partial charge is 0.331 e. The van der Waals surface area contributed by atoms with Crippen LogP contribution in [0.25, 0.3) is 11.0 Å². The van der Waals surface area contributed by atoms with Crippen LogP contribution in [0.15, 0.2) is 30.6 Å². The first-order chi connectivity index (χ1) is 9.67. The lowest BCUT2D eigenvalue weighted by molar-refractivity contribution is 0.705. The van der Waals surface area contributed by atoms with Crippen molar-refractivity contribution in [1.29, 1.82) is 5.26 Å². The van der Waals surface area contributed by atoms with Crippen LogP contribution in [0.4, 0.5) is 0 Å². The highest BCUT2D eigenvalue weighted by molar-refractivity contribution is 7.71. The molecule has 3 rings (SSSR count). The van der Waals surface area contributed by atoms with Crippen molar-refractivity contribution < 1.29 is 0 Å². The lowest BCUT2D eigenvalue weighted by Crippen LogP contribution is -2.01. The second kappa shape index (κ2) is 4.94. The van der Waals surface area contributed by atoms with Crippen LogP contribution < -0.4 is 0 Å². The molecule has 0 radical (unpaired) electrons. The fourth-order valence-corrected chi connectivity index (χ4v) is 2.59. The average molecular weight is 283 g/mol. The summed E-state index contributed by atoms with van der Waals surface area (Å²) in [5.41, 5.74) is 3.74. The number of nitriles is 1. The maximum absolute atomic E-state index is 9.00. The number of nitrogens with zero attached hydrogens (tertiary/aromatic N) is 4. The first-order valence-electron chi connectivity index (χ1n) is 6.27. The number of aromatic amines is 1. The Kier molecular flexibility index (Phi) is 3.12. The summed E-state index contributed by atoms with van der Waals surface area (Å²) in [7, 11) is 1.90. The molecule has 0 bridgehead atoms. The van der Waals surface area contributed by atoms with Crippen LogP contribution in [0.3, 0.4) is 0 Å².